The molecule has 0 aliphatic carbocycles. The fraction of sp³-hybridized carbons (Fsp3) is 0.190. The van der Waals surface area contributed by atoms with Crippen LogP contribution in [0.25, 0.3) is 5.69 Å². The smallest absolute Gasteiger partial charge is 0.280 e. The molecule has 0 fully saturated rings. The van der Waals surface area contributed by atoms with Gasteiger partial charge in [0.15, 0.2) is 0 Å². The molecule has 3 aromatic rings. The molecule has 0 atom stereocenters. The van der Waals surface area contributed by atoms with Crippen LogP contribution in [0.4, 0.5) is 0 Å². The Morgan fingerprint density at radius 1 is 1.07 bits per heavy atom. The number of rotatable bonds is 6. The molecule has 0 saturated carbocycles. The summed E-state index contributed by atoms with van der Waals surface area (Å²) in [6, 6.07) is 18.2. The topological polar surface area (TPSA) is 79.2 Å². The third-order valence-electron chi connectivity index (χ3n) is 4.20. The molecule has 0 unspecified atom stereocenters. The monoisotopic (exact) mass is 362 g/mol. The fourth-order valence-corrected chi connectivity index (χ4v) is 2.89. The summed E-state index contributed by atoms with van der Waals surface area (Å²) in [6.07, 6.45) is 1.59. The summed E-state index contributed by atoms with van der Waals surface area (Å²) in [4.78, 5) is 25.2. The van der Waals surface area contributed by atoms with E-state index >= 15 is 0 Å². The van der Waals surface area contributed by atoms with Gasteiger partial charge in [-0.1, -0.05) is 49.7 Å². The first kappa shape index (κ1) is 18.4. The SMILES string of the molecule is CCCc1[nH]n(-c2ccccc2)c(=O)c1/C(C)=N/NC(=O)c1ccccc1. The van der Waals surface area contributed by atoms with Gasteiger partial charge in [0.05, 0.1) is 17.0 Å². The van der Waals surface area contributed by atoms with E-state index in [9.17, 15) is 9.59 Å². The van der Waals surface area contributed by atoms with Gasteiger partial charge in [-0.15, -0.1) is 0 Å². The van der Waals surface area contributed by atoms with Crippen LogP contribution in [0.1, 0.15) is 41.9 Å². The van der Waals surface area contributed by atoms with Gasteiger partial charge < -0.3 is 0 Å². The number of aromatic amines is 1. The van der Waals surface area contributed by atoms with Crippen LogP contribution in [0.5, 0.6) is 0 Å². The Hall–Kier alpha value is -3.41. The van der Waals surface area contributed by atoms with Gasteiger partial charge in [0.25, 0.3) is 11.5 Å². The molecule has 1 amide bonds. The second-order valence-electron chi connectivity index (χ2n) is 6.20. The molecule has 27 heavy (non-hydrogen) atoms. The number of para-hydroxylation sites is 1. The average molecular weight is 362 g/mol. The molecule has 2 aromatic carbocycles. The summed E-state index contributed by atoms with van der Waals surface area (Å²) in [5, 5.41) is 7.34. The molecule has 6 heteroatoms. The number of H-pyrrole nitrogens is 1. The van der Waals surface area contributed by atoms with Crippen LogP contribution in [0.3, 0.4) is 0 Å². The first-order valence-corrected chi connectivity index (χ1v) is 8.91. The van der Waals surface area contributed by atoms with Gasteiger partial charge in [0.2, 0.25) is 0 Å². The second-order valence-corrected chi connectivity index (χ2v) is 6.20. The summed E-state index contributed by atoms with van der Waals surface area (Å²) < 4.78 is 1.51. The normalized spacial score (nSPS) is 11.4. The number of carbonyl (C=O) groups is 1. The van der Waals surface area contributed by atoms with Crippen LogP contribution < -0.4 is 11.0 Å². The van der Waals surface area contributed by atoms with Crippen molar-refractivity contribution in [1.82, 2.24) is 15.2 Å². The number of benzene rings is 2. The lowest BCUT2D eigenvalue weighted by molar-refractivity contribution is 0.0955. The quantitative estimate of drug-likeness (QED) is 0.521. The third-order valence-corrected chi connectivity index (χ3v) is 4.20. The van der Waals surface area contributed by atoms with Crippen LogP contribution in [0.15, 0.2) is 70.6 Å². The Balaban J connectivity index is 1.93. The maximum absolute atomic E-state index is 13.0. The molecule has 3 rings (SSSR count). The highest BCUT2D eigenvalue weighted by molar-refractivity contribution is 6.01. The first-order valence-electron chi connectivity index (χ1n) is 8.91. The van der Waals surface area contributed by atoms with Gasteiger partial charge >= 0.3 is 0 Å². The van der Waals surface area contributed by atoms with Gasteiger partial charge in [-0.05, 0) is 37.6 Å². The number of hydrogen-bond acceptors (Lipinski definition) is 3. The van der Waals surface area contributed by atoms with E-state index in [1.807, 2.05) is 43.3 Å². The molecule has 0 aliphatic heterocycles. The highest BCUT2D eigenvalue weighted by Crippen LogP contribution is 2.11. The molecule has 1 heterocycles. The minimum absolute atomic E-state index is 0.181. The van der Waals surface area contributed by atoms with Crippen LogP contribution in [0.2, 0.25) is 0 Å². The zero-order chi connectivity index (χ0) is 19.2. The van der Waals surface area contributed by atoms with Crippen LogP contribution in [-0.2, 0) is 6.42 Å². The van der Waals surface area contributed by atoms with E-state index in [0.29, 0.717) is 23.3 Å². The van der Waals surface area contributed by atoms with E-state index in [-0.39, 0.29) is 11.5 Å². The maximum Gasteiger partial charge on any atom is 0.280 e. The highest BCUT2D eigenvalue weighted by atomic mass is 16.2. The standard InChI is InChI=1S/C21H22N4O2/c1-3-10-18-19(21(27)25(24-18)17-13-8-5-9-14-17)15(2)22-23-20(26)16-11-6-4-7-12-16/h4-9,11-14,24H,3,10H2,1-2H3,(H,23,26)/b22-15+. The molecule has 0 saturated heterocycles. The summed E-state index contributed by atoms with van der Waals surface area (Å²) in [7, 11) is 0. The van der Waals surface area contributed by atoms with Crippen molar-refractivity contribution >= 4 is 11.6 Å². The number of aromatic nitrogens is 2. The molecule has 0 radical (unpaired) electrons. The van der Waals surface area contributed by atoms with Gasteiger partial charge in [-0.25, -0.2) is 10.1 Å². The van der Waals surface area contributed by atoms with Gasteiger partial charge in [0, 0.05) is 11.3 Å². The van der Waals surface area contributed by atoms with Crippen molar-refractivity contribution in [3.63, 3.8) is 0 Å². The molecule has 0 aliphatic rings. The van der Waals surface area contributed by atoms with Crippen molar-refractivity contribution in [3.05, 3.63) is 87.8 Å². The van der Waals surface area contributed by atoms with Crippen LogP contribution in [-0.4, -0.2) is 21.4 Å². The predicted molar refractivity (Wildman–Crippen MR) is 107 cm³/mol. The number of amides is 1. The Kier molecular flexibility index (Phi) is 5.66. The summed E-state index contributed by atoms with van der Waals surface area (Å²) in [5.74, 6) is -0.314. The maximum atomic E-state index is 13.0. The fourth-order valence-electron chi connectivity index (χ4n) is 2.89. The molecule has 1 aromatic heterocycles. The molecular weight excluding hydrogens is 340 g/mol. The van der Waals surface area contributed by atoms with Crippen molar-refractivity contribution in [2.45, 2.75) is 26.7 Å². The second kappa shape index (κ2) is 8.31. The van der Waals surface area contributed by atoms with E-state index in [1.54, 1.807) is 31.2 Å². The largest absolute Gasteiger partial charge is 0.294 e. The summed E-state index contributed by atoms with van der Waals surface area (Å²) >= 11 is 0. The number of carbonyl (C=O) groups excluding carboxylic acids is 1. The molecule has 2 N–H and O–H groups in total. The molecule has 6 nitrogen and oxygen atoms in total. The number of nitrogens with one attached hydrogen (secondary N) is 2. The zero-order valence-electron chi connectivity index (χ0n) is 15.4. The van der Waals surface area contributed by atoms with Crippen molar-refractivity contribution in [1.29, 1.82) is 0 Å². The number of aryl methyl sites for hydroxylation is 1. The number of hydrazone groups is 1. The number of nitrogens with zero attached hydrogens (tertiary/aromatic N) is 2. The van der Waals surface area contributed by atoms with Gasteiger partial charge in [-0.3, -0.25) is 14.7 Å². The van der Waals surface area contributed by atoms with Crippen molar-refractivity contribution in [2.24, 2.45) is 5.10 Å². The average Bonchev–Trinajstić information content (AvgIpc) is 3.03. The number of hydrogen-bond donors (Lipinski definition) is 2. The minimum Gasteiger partial charge on any atom is -0.294 e. The minimum atomic E-state index is -0.314. The Labute approximate surface area is 157 Å². The zero-order valence-corrected chi connectivity index (χ0v) is 15.4. The van der Waals surface area contributed by atoms with E-state index in [0.717, 1.165) is 17.8 Å². The van der Waals surface area contributed by atoms with Gasteiger partial charge in [0.1, 0.15) is 0 Å². The highest BCUT2D eigenvalue weighted by Gasteiger charge is 2.17. The Morgan fingerprint density at radius 2 is 1.70 bits per heavy atom. The summed E-state index contributed by atoms with van der Waals surface area (Å²) in [6.45, 7) is 3.77. The molecule has 138 valence electrons. The van der Waals surface area contributed by atoms with E-state index < -0.39 is 0 Å². The van der Waals surface area contributed by atoms with E-state index in [2.05, 4.69) is 15.6 Å². The van der Waals surface area contributed by atoms with Crippen molar-refractivity contribution in [3.8, 4) is 5.69 Å². The third kappa shape index (κ3) is 4.06. The van der Waals surface area contributed by atoms with Crippen LogP contribution >= 0.6 is 0 Å². The molecular formula is C21H22N4O2. The Bertz CT molecular complexity index is 1000. The predicted octanol–water partition coefficient (Wildman–Crippen LogP) is 3.27. The van der Waals surface area contributed by atoms with E-state index in [1.165, 1.54) is 4.68 Å². The lowest BCUT2D eigenvalue weighted by atomic mass is 10.1. The van der Waals surface area contributed by atoms with E-state index in [4.69, 9.17) is 0 Å². The molecule has 0 bridgehead atoms. The lowest BCUT2D eigenvalue weighted by Crippen LogP contribution is -2.23. The molecule has 0 spiro atoms. The Morgan fingerprint density at radius 3 is 2.33 bits per heavy atom. The van der Waals surface area contributed by atoms with Gasteiger partial charge in [-0.2, -0.15) is 5.10 Å². The lowest BCUT2D eigenvalue weighted by Gasteiger charge is -2.02. The summed E-state index contributed by atoms with van der Waals surface area (Å²) in [5.41, 5.74) is 5.39. The first-order chi connectivity index (χ1) is 13.1. The van der Waals surface area contributed by atoms with Crippen molar-refractivity contribution < 1.29 is 4.79 Å². The van der Waals surface area contributed by atoms with Crippen molar-refractivity contribution in [2.75, 3.05) is 0 Å². The van der Waals surface area contributed by atoms with Crippen LogP contribution in [0, 0.1) is 0 Å².